The van der Waals surface area contributed by atoms with Crippen LogP contribution in [-0.2, 0) is 20.9 Å². The lowest BCUT2D eigenvalue weighted by Crippen LogP contribution is -2.08. The van der Waals surface area contributed by atoms with Crippen molar-refractivity contribution in [2.45, 2.75) is 20.5 Å². The maximum absolute atomic E-state index is 12.1. The van der Waals surface area contributed by atoms with Gasteiger partial charge >= 0.3 is 5.97 Å². The molecule has 0 aliphatic rings. The van der Waals surface area contributed by atoms with Gasteiger partial charge in [-0.15, -0.1) is 5.10 Å². The Balaban J connectivity index is 1.88. The van der Waals surface area contributed by atoms with Gasteiger partial charge in [-0.1, -0.05) is 24.3 Å². The summed E-state index contributed by atoms with van der Waals surface area (Å²) in [6, 6.07) is 11.2. The number of aryl methyl sites for hydroxylation is 2. The predicted octanol–water partition coefficient (Wildman–Crippen LogP) is 3.09. The van der Waals surface area contributed by atoms with Crippen LogP contribution in [0.15, 0.2) is 42.7 Å². The lowest BCUT2D eigenvalue weighted by Gasteiger charge is -2.11. The van der Waals surface area contributed by atoms with Gasteiger partial charge in [0.05, 0.1) is 20.5 Å². The minimum Gasteiger partial charge on any atom is -0.503 e. The van der Waals surface area contributed by atoms with E-state index in [0.717, 1.165) is 22.6 Å². The molecule has 0 bridgehead atoms. The number of aromatic nitrogens is 3. The van der Waals surface area contributed by atoms with E-state index in [0.29, 0.717) is 17.0 Å². The molecule has 3 aromatic rings. The van der Waals surface area contributed by atoms with Gasteiger partial charge in [0, 0.05) is 17.5 Å². The molecule has 0 spiro atoms. The van der Waals surface area contributed by atoms with Crippen LogP contribution < -0.4 is 4.74 Å². The summed E-state index contributed by atoms with van der Waals surface area (Å²) in [5, 5.41) is 4.43. The number of methoxy groups -OCH3 is 2. The highest BCUT2D eigenvalue weighted by Crippen LogP contribution is 2.23. The third-order valence-electron chi connectivity index (χ3n) is 4.04. The standard InChI is InChI=1S/C20H21N3O4/c1-13-9-14(2)23-18(21-13)10-19(22-23)27-11-15-7-5-6-8-16(15)17(12-25-3)20(24)26-4/h5-10,12H,11H2,1-4H3/b17-12+. The molecule has 0 aliphatic carbocycles. The maximum atomic E-state index is 12.1. The van der Waals surface area contributed by atoms with E-state index in [2.05, 4.69) is 10.1 Å². The van der Waals surface area contributed by atoms with Gasteiger partial charge in [0.2, 0.25) is 5.88 Å². The van der Waals surface area contributed by atoms with Crippen LogP contribution >= 0.6 is 0 Å². The zero-order valence-corrected chi connectivity index (χ0v) is 15.7. The fourth-order valence-corrected chi connectivity index (χ4v) is 2.85. The Labute approximate surface area is 157 Å². The Morgan fingerprint density at radius 2 is 1.96 bits per heavy atom. The van der Waals surface area contributed by atoms with Crippen LogP contribution in [0.4, 0.5) is 0 Å². The van der Waals surface area contributed by atoms with Crippen LogP contribution in [-0.4, -0.2) is 34.8 Å². The molecule has 2 heterocycles. The first kappa shape index (κ1) is 18.4. The number of esters is 1. The molecule has 3 rings (SSSR count). The number of hydrogen-bond acceptors (Lipinski definition) is 6. The molecule has 2 aromatic heterocycles. The Morgan fingerprint density at radius 3 is 2.70 bits per heavy atom. The molecule has 0 amide bonds. The molecule has 0 N–H and O–H groups in total. The lowest BCUT2D eigenvalue weighted by molar-refractivity contribution is -0.133. The summed E-state index contributed by atoms with van der Waals surface area (Å²) in [5.41, 5.74) is 4.44. The Morgan fingerprint density at radius 1 is 1.19 bits per heavy atom. The molecule has 140 valence electrons. The summed E-state index contributed by atoms with van der Waals surface area (Å²) in [4.78, 5) is 16.5. The molecule has 7 heteroatoms. The van der Waals surface area contributed by atoms with Crippen molar-refractivity contribution in [2.24, 2.45) is 0 Å². The van der Waals surface area contributed by atoms with Crippen molar-refractivity contribution < 1.29 is 19.0 Å². The van der Waals surface area contributed by atoms with Crippen LogP contribution in [0.5, 0.6) is 5.88 Å². The van der Waals surface area contributed by atoms with Crippen LogP contribution in [0.3, 0.4) is 0 Å². The molecule has 7 nitrogen and oxygen atoms in total. The monoisotopic (exact) mass is 367 g/mol. The van der Waals surface area contributed by atoms with Crippen LogP contribution in [0.25, 0.3) is 11.2 Å². The first-order chi connectivity index (χ1) is 13.0. The van der Waals surface area contributed by atoms with Crippen molar-refractivity contribution >= 4 is 17.2 Å². The number of fused-ring (bicyclic) bond motifs is 1. The van der Waals surface area contributed by atoms with Crippen molar-refractivity contribution in [3.63, 3.8) is 0 Å². The highest BCUT2D eigenvalue weighted by molar-refractivity contribution is 6.16. The molecule has 0 saturated heterocycles. The van der Waals surface area contributed by atoms with Crippen molar-refractivity contribution in [3.8, 4) is 5.88 Å². The fourth-order valence-electron chi connectivity index (χ4n) is 2.85. The van der Waals surface area contributed by atoms with E-state index in [9.17, 15) is 4.79 Å². The molecule has 0 unspecified atom stereocenters. The number of benzene rings is 1. The minimum atomic E-state index is -0.479. The summed E-state index contributed by atoms with van der Waals surface area (Å²) in [6.45, 7) is 4.13. The minimum absolute atomic E-state index is 0.232. The molecule has 0 radical (unpaired) electrons. The van der Waals surface area contributed by atoms with Gasteiger partial charge in [-0.05, 0) is 31.0 Å². The smallest absolute Gasteiger partial charge is 0.341 e. The maximum Gasteiger partial charge on any atom is 0.341 e. The summed E-state index contributed by atoms with van der Waals surface area (Å²) < 4.78 is 17.5. The highest BCUT2D eigenvalue weighted by atomic mass is 16.5. The van der Waals surface area contributed by atoms with E-state index >= 15 is 0 Å². The normalized spacial score (nSPS) is 11.5. The summed E-state index contributed by atoms with van der Waals surface area (Å²) in [7, 11) is 2.81. The molecule has 0 atom stereocenters. The molecular formula is C20H21N3O4. The second-order valence-electron chi connectivity index (χ2n) is 6.00. The average molecular weight is 367 g/mol. The molecule has 1 aromatic carbocycles. The zero-order valence-electron chi connectivity index (χ0n) is 15.7. The van der Waals surface area contributed by atoms with Gasteiger partial charge in [-0.2, -0.15) is 0 Å². The third kappa shape index (κ3) is 3.92. The molecule has 0 fully saturated rings. The van der Waals surface area contributed by atoms with Crippen molar-refractivity contribution in [1.29, 1.82) is 0 Å². The SMILES string of the molecule is CO/C=C(/C(=O)OC)c1ccccc1COc1cc2nc(C)cc(C)n2n1. The van der Waals surface area contributed by atoms with E-state index in [-0.39, 0.29) is 6.61 Å². The summed E-state index contributed by atoms with van der Waals surface area (Å²) in [5.74, 6) is -0.0197. The third-order valence-corrected chi connectivity index (χ3v) is 4.04. The second-order valence-corrected chi connectivity index (χ2v) is 6.00. The number of carbonyl (C=O) groups is 1. The first-order valence-corrected chi connectivity index (χ1v) is 8.40. The number of rotatable bonds is 6. The van der Waals surface area contributed by atoms with Crippen molar-refractivity contribution in [2.75, 3.05) is 14.2 Å². The molecule has 0 saturated carbocycles. The molecule has 27 heavy (non-hydrogen) atoms. The van der Waals surface area contributed by atoms with E-state index in [1.54, 1.807) is 10.6 Å². The average Bonchev–Trinajstić information content (AvgIpc) is 3.07. The van der Waals surface area contributed by atoms with Gasteiger partial charge < -0.3 is 14.2 Å². The number of hydrogen-bond donors (Lipinski definition) is 0. The summed E-state index contributed by atoms with van der Waals surface area (Å²) in [6.07, 6.45) is 1.37. The second kappa shape index (κ2) is 7.90. The lowest BCUT2D eigenvalue weighted by atomic mass is 10.0. The van der Waals surface area contributed by atoms with Crippen LogP contribution in [0.2, 0.25) is 0 Å². The Hall–Kier alpha value is -3.35. The van der Waals surface area contributed by atoms with E-state index in [1.165, 1.54) is 20.5 Å². The first-order valence-electron chi connectivity index (χ1n) is 8.40. The number of carbonyl (C=O) groups excluding carboxylic acids is 1. The fraction of sp³-hybridized carbons (Fsp3) is 0.250. The van der Waals surface area contributed by atoms with E-state index in [4.69, 9.17) is 14.2 Å². The quantitative estimate of drug-likeness (QED) is 0.379. The number of nitrogens with zero attached hydrogens (tertiary/aromatic N) is 3. The Kier molecular flexibility index (Phi) is 5.40. The topological polar surface area (TPSA) is 75.0 Å². The zero-order chi connectivity index (χ0) is 19.4. The van der Waals surface area contributed by atoms with Gasteiger partial charge in [-0.3, -0.25) is 0 Å². The van der Waals surface area contributed by atoms with Crippen molar-refractivity contribution in [3.05, 3.63) is 65.2 Å². The van der Waals surface area contributed by atoms with Crippen molar-refractivity contribution in [1.82, 2.24) is 14.6 Å². The summed E-state index contributed by atoms with van der Waals surface area (Å²) >= 11 is 0. The molecule has 0 aliphatic heterocycles. The highest BCUT2D eigenvalue weighted by Gasteiger charge is 2.17. The van der Waals surface area contributed by atoms with Crippen LogP contribution in [0.1, 0.15) is 22.5 Å². The van der Waals surface area contributed by atoms with E-state index in [1.807, 2.05) is 44.2 Å². The largest absolute Gasteiger partial charge is 0.503 e. The van der Waals surface area contributed by atoms with Gasteiger partial charge in [0.25, 0.3) is 0 Å². The Bertz CT molecular complexity index is 1010. The van der Waals surface area contributed by atoms with Gasteiger partial charge in [-0.25, -0.2) is 14.3 Å². The van der Waals surface area contributed by atoms with Gasteiger partial charge in [0.1, 0.15) is 12.2 Å². The predicted molar refractivity (Wildman–Crippen MR) is 100 cm³/mol. The van der Waals surface area contributed by atoms with Crippen LogP contribution in [0, 0.1) is 13.8 Å². The van der Waals surface area contributed by atoms with E-state index < -0.39 is 5.97 Å². The van der Waals surface area contributed by atoms with Gasteiger partial charge in [0.15, 0.2) is 5.65 Å². The number of ether oxygens (including phenoxy) is 3. The molecular weight excluding hydrogens is 346 g/mol.